The van der Waals surface area contributed by atoms with Gasteiger partial charge in [-0.2, -0.15) is 0 Å². The van der Waals surface area contributed by atoms with E-state index in [1.807, 2.05) is 6.08 Å². The maximum Gasteiger partial charge on any atom is 0.306 e. The van der Waals surface area contributed by atoms with Crippen molar-refractivity contribution in [2.45, 2.75) is 60.8 Å². The molecule has 0 aliphatic carbocycles. The highest BCUT2D eigenvalue weighted by molar-refractivity contribution is 5.70. The van der Waals surface area contributed by atoms with E-state index in [1.54, 1.807) is 0 Å². The summed E-state index contributed by atoms with van der Waals surface area (Å²) >= 11 is 0. The van der Waals surface area contributed by atoms with E-state index in [-0.39, 0.29) is 22.2 Å². The van der Waals surface area contributed by atoms with Crippen molar-refractivity contribution in [2.75, 3.05) is 7.11 Å². The Hall–Kier alpha value is -1.57. The highest BCUT2D eigenvalue weighted by atomic mass is 16.5. The monoisotopic (exact) mass is 330 g/mol. The van der Waals surface area contributed by atoms with Gasteiger partial charge in [0, 0.05) is 0 Å². The molecule has 1 rings (SSSR count). The molecule has 0 fully saturated rings. The molecule has 2 nitrogen and oxygen atoms in total. The van der Waals surface area contributed by atoms with Crippen LogP contribution in [0.1, 0.15) is 65.5 Å². The average Bonchev–Trinajstić information content (AvgIpc) is 2.45. The van der Waals surface area contributed by atoms with Crippen molar-refractivity contribution in [1.29, 1.82) is 0 Å². The lowest BCUT2D eigenvalue weighted by molar-refractivity contribution is -0.146. The van der Waals surface area contributed by atoms with Gasteiger partial charge in [-0.3, -0.25) is 4.79 Å². The van der Waals surface area contributed by atoms with E-state index in [0.29, 0.717) is 6.42 Å². The Morgan fingerprint density at radius 1 is 1.08 bits per heavy atom. The molecule has 0 aromatic heterocycles. The van der Waals surface area contributed by atoms with E-state index in [0.717, 1.165) is 18.4 Å². The summed E-state index contributed by atoms with van der Waals surface area (Å²) in [6.45, 7) is 17.3. The first kappa shape index (κ1) is 20.5. The third-order valence-electron chi connectivity index (χ3n) is 5.18. The summed E-state index contributed by atoms with van der Waals surface area (Å²) in [5, 5.41) is 0. The predicted octanol–water partition coefficient (Wildman–Crippen LogP) is 5.90. The van der Waals surface area contributed by atoms with Gasteiger partial charge in [-0.1, -0.05) is 78.5 Å². The molecule has 0 saturated heterocycles. The van der Waals surface area contributed by atoms with Crippen LogP contribution in [0.3, 0.4) is 0 Å². The van der Waals surface area contributed by atoms with Gasteiger partial charge < -0.3 is 4.74 Å². The molecule has 0 amide bonds. The topological polar surface area (TPSA) is 26.3 Å². The summed E-state index contributed by atoms with van der Waals surface area (Å²) in [6.07, 6.45) is 4.19. The van der Waals surface area contributed by atoms with Gasteiger partial charge in [0.1, 0.15) is 0 Å². The smallest absolute Gasteiger partial charge is 0.306 e. The third kappa shape index (κ3) is 5.51. The van der Waals surface area contributed by atoms with Gasteiger partial charge in [-0.05, 0) is 40.2 Å². The molecule has 134 valence electrons. The lowest BCUT2D eigenvalue weighted by atomic mass is 9.57. The number of hydrogen-bond donors (Lipinski definition) is 0. The number of esters is 1. The van der Waals surface area contributed by atoms with Crippen LogP contribution in [0.15, 0.2) is 30.8 Å². The lowest BCUT2D eigenvalue weighted by Gasteiger charge is -2.47. The van der Waals surface area contributed by atoms with Crippen LogP contribution in [0.25, 0.3) is 6.08 Å². The van der Waals surface area contributed by atoms with E-state index in [4.69, 9.17) is 4.74 Å². The molecule has 0 aliphatic rings. The second-order valence-electron chi connectivity index (χ2n) is 9.06. The van der Waals surface area contributed by atoms with Gasteiger partial charge >= 0.3 is 5.97 Å². The van der Waals surface area contributed by atoms with Crippen LogP contribution in [-0.2, 0) is 16.0 Å². The summed E-state index contributed by atoms with van der Waals surface area (Å²) in [4.78, 5) is 12.1. The minimum absolute atomic E-state index is 0.0375. The molecule has 1 unspecified atom stereocenters. The zero-order valence-corrected chi connectivity index (χ0v) is 16.5. The van der Waals surface area contributed by atoms with Crippen LogP contribution in [0.4, 0.5) is 0 Å². The largest absolute Gasteiger partial charge is 0.469 e. The van der Waals surface area contributed by atoms with Gasteiger partial charge in [0.05, 0.1) is 13.5 Å². The zero-order valence-electron chi connectivity index (χ0n) is 16.5. The summed E-state index contributed by atoms with van der Waals surface area (Å²) in [5.74, 6) is -0.128. The molecule has 0 heterocycles. The van der Waals surface area contributed by atoms with Gasteiger partial charge in [0.25, 0.3) is 0 Å². The normalized spacial score (nSPS) is 14.8. The second kappa shape index (κ2) is 7.55. The predicted molar refractivity (Wildman–Crippen MR) is 103 cm³/mol. The summed E-state index contributed by atoms with van der Waals surface area (Å²) in [7, 11) is 1.47. The van der Waals surface area contributed by atoms with Crippen LogP contribution in [0.2, 0.25) is 0 Å². The Morgan fingerprint density at radius 3 is 2.04 bits per heavy atom. The number of hydrogen-bond acceptors (Lipinski definition) is 2. The molecule has 0 spiro atoms. The van der Waals surface area contributed by atoms with E-state index in [2.05, 4.69) is 72.4 Å². The molecule has 0 N–H and O–H groups in total. The fourth-order valence-corrected chi connectivity index (χ4v) is 3.60. The summed E-state index contributed by atoms with van der Waals surface area (Å²) in [6, 6.07) is 8.52. The van der Waals surface area contributed by atoms with Crippen molar-refractivity contribution >= 4 is 12.0 Å². The van der Waals surface area contributed by atoms with Gasteiger partial charge in [0.15, 0.2) is 0 Å². The molecule has 0 aliphatic heterocycles. The maximum atomic E-state index is 12.1. The number of carbonyl (C=O) groups is 1. The second-order valence-corrected chi connectivity index (χ2v) is 9.06. The molecular weight excluding hydrogens is 296 g/mol. The quantitative estimate of drug-likeness (QED) is 0.581. The third-order valence-corrected chi connectivity index (χ3v) is 5.18. The average molecular weight is 331 g/mol. The fourth-order valence-electron chi connectivity index (χ4n) is 3.60. The summed E-state index contributed by atoms with van der Waals surface area (Å²) < 4.78 is 4.99. The SMILES string of the molecule is C=Cc1ccc(CC(C)(C)C(C)(CC(=O)OC)CC(C)(C)C)cc1. The first-order valence-electron chi connectivity index (χ1n) is 8.71. The highest BCUT2D eigenvalue weighted by Crippen LogP contribution is 2.50. The number of benzene rings is 1. The Morgan fingerprint density at radius 2 is 1.62 bits per heavy atom. The van der Waals surface area contributed by atoms with Crippen LogP contribution in [0, 0.1) is 16.2 Å². The lowest BCUT2D eigenvalue weighted by Crippen LogP contribution is -2.41. The van der Waals surface area contributed by atoms with E-state index in [9.17, 15) is 4.79 Å². The van der Waals surface area contributed by atoms with Crippen molar-refractivity contribution in [3.8, 4) is 0 Å². The number of rotatable bonds is 7. The van der Waals surface area contributed by atoms with Gasteiger partial charge in [-0.25, -0.2) is 0 Å². The minimum Gasteiger partial charge on any atom is -0.469 e. The molecule has 0 radical (unpaired) electrons. The molecule has 1 atom stereocenters. The Bertz CT molecular complexity index is 561. The molecule has 2 heteroatoms. The van der Waals surface area contributed by atoms with Crippen LogP contribution >= 0.6 is 0 Å². The van der Waals surface area contributed by atoms with Crippen molar-refractivity contribution in [2.24, 2.45) is 16.2 Å². The Labute approximate surface area is 148 Å². The van der Waals surface area contributed by atoms with Crippen molar-refractivity contribution in [3.63, 3.8) is 0 Å². The number of carbonyl (C=O) groups excluding carboxylic acids is 1. The van der Waals surface area contributed by atoms with Crippen LogP contribution in [0.5, 0.6) is 0 Å². The molecule has 1 aromatic rings. The van der Waals surface area contributed by atoms with E-state index >= 15 is 0 Å². The van der Waals surface area contributed by atoms with Crippen molar-refractivity contribution in [3.05, 3.63) is 42.0 Å². The maximum absolute atomic E-state index is 12.1. The van der Waals surface area contributed by atoms with Crippen LogP contribution < -0.4 is 0 Å². The standard InChI is InChI=1S/C22H34O2/c1-9-17-10-12-18(13-11-17)14-21(5,6)22(7,15-19(23)24-8)16-20(2,3)4/h9-13H,1,14-16H2,2-8H3. The first-order chi connectivity index (χ1) is 10.9. The molecule has 1 aromatic carbocycles. The molecule has 24 heavy (non-hydrogen) atoms. The van der Waals surface area contributed by atoms with Crippen LogP contribution in [-0.4, -0.2) is 13.1 Å². The number of methoxy groups -OCH3 is 1. The minimum atomic E-state index is -0.143. The highest BCUT2D eigenvalue weighted by Gasteiger charge is 2.44. The van der Waals surface area contributed by atoms with Crippen molar-refractivity contribution < 1.29 is 9.53 Å². The van der Waals surface area contributed by atoms with E-state index < -0.39 is 0 Å². The summed E-state index contributed by atoms with van der Waals surface area (Å²) in [5.41, 5.74) is 2.38. The van der Waals surface area contributed by atoms with Crippen molar-refractivity contribution in [1.82, 2.24) is 0 Å². The molecule has 0 saturated carbocycles. The Kier molecular flexibility index (Phi) is 6.44. The first-order valence-corrected chi connectivity index (χ1v) is 8.71. The van der Waals surface area contributed by atoms with Gasteiger partial charge in [-0.15, -0.1) is 0 Å². The molecular formula is C22H34O2. The van der Waals surface area contributed by atoms with Gasteiger partial charge in [0.2, 0.25) is 0 Å². The molecule has 0 bridgehead atoms. The number of ether oxygens (including phenoxy) is 1. The zero-order chi connectivity index (χ0) is 18.6. The Balaban J connectivity index is 3.11. The van der Waals surface area contributed by atoms with E-state index in [1.165, 1.54) is 12.7 Å². The fraction of sp³-hybridized carbons (Fsp3) is 0.591.